The van der Waals surface area contributed by atoms with E-state index in [2.05, 4.69) is 39.2 Å². The number of aryl methyl sites for hydroxylation is 1. The average Bonchev–Trinajstić information content (AvgIpc) is 3.26. The van der Waals surface area contributed by atoms with Crippen molar-refractivity contribution in [1.29, 1.82) is 0 Å². The molecule has 1 aromatic carbocycles. The van der Waals surface area contributed by atoms with Crippen molar-refractivity contribution in [2.75, 3.05) is 51.5 Å². The fraction of sp³-hybridized carbons (Fsp3) is 0.542. The van der Waals surface area contributed by atoms with Gasteiger partial charge in [0, 0.05) is 11.5 Å². The smallest absolute Gasteiger partial charge is 0.320 e. The van der Waals surface area contributed by atoms with E-state index < -0.39 is 0 Å². The van der Waals surface area contributed by atoms with Crippen molar-refractivity contribution < 1.29 is 14.2 Å². The number of benzene rings is 1. The average molecular weight is 451 g/mol. The molecule has 6 rings (SSSR count). The third kappa shape index (κ3) is 3.74. The van der Waals surface area contributed by atoms with Gasteiger partial charge in [0.2, 0.25) is 0 Å². The maximum Gasteiger partial charge on any atom is 0.320 e. The Morgan fingerprint density at radius 3 is 2.36 bits per heavy atom. The van der Waals surface area contributed by atoms with Gasteiger partial charge < -0.3 is 24.4 Å². The maximum absolute atomic E-state index is 5.77. The van der Waals surface area contributed by atoms with Crippen LogP contribution in [0.15, 0.2) is 24.4 Å². The zero-order valence-corrected chi connectivity index (χ0v) is 19.2. The third-order valence-electron chi connectivity index (χ3n) is 7.11. The summed E-state index contributed by atoms with van der Waals surface area (Å²) in [4.78, 5) is 11.7. The van der Waals surface area contributed by atoms with Gasteiger partial charge in [-0.1, -0.05) is 0 Å². The second kappa shape index (κ2) is 8.55. The first-order valence-corrected chi connectivity index (χ1v) is 11.8. The molecule has 5 heterocycles. The summed E-state index contributed by atoms with van der Waals surface area (Å²) in [7, 11) is 1.60. The molecule has 0 unspecified atom stereocenters. The fourth-order valence-corrected chi connectivity index (χ4v) is 5.46. The monoisotopic (exact) mass is 450 g/mol. The van der Waals surface area contributed by atoms with Gasteiger partial charge >= 0.3 is 6.01 Å². The molecule has 9 heteroatoms. The molecule has 2 aromatic heterocycles. The molecule has 0 amide bonds. The molecule has 3 saturated heterocycles. The first kappa shape index (κ1) is 20.8. The fourth-order valence-electron chi connectivity index (χ4n) is 5.46. The summed E-state index contributed by atoms with van der Waals surface area (Å²) < 4.78 is 19.0. The molecule has 3 aliphatic rings. The van der Waals surface area contributed by atoms with Crippen LogP contribution in [0.5, 0.6) is 6.01 Å². The molecule has 2 bridgehead atoms. The molecule has 33 heavy (non-hydrogen) atoms. The minimum absolute atomic E-state index is 0.133. The topological polar surface area (TPSA) is 86.6 Å². The van der Waals surface area contributed by atoms with Crippen LogP contribution >= 0.6 is 0 Å². The molecule has 0 atom stereocenters. The molecule has 0 spiro atoms. The Hall–Kier alpha value is -2.75. The highest BCUT2D eigenvalue weighted by atomic mass is 16.5. The lowest BCUT2D eigenvalue weighted by Gasteiger charge is -2.46. The van der Waals surface area contributed by atoms with Crippen LogP contribution in [-0.4, -0.2) is 78.5 Å². The lowest BCUT2D eigenvalue weighted by atomic mass is 9.87. The summed E-state index contributed by atoms with van der Waals surface area (Å²) >= 11 is 0. The van der Waals surface area contributed by atoms with Gasteiger partial charge in [-0.2, -0.15) is 15.1 Å². The molecular weight excluding hydrogens is 420 g/mol. The van der Waals surface area contributed by atoms with Gasteiger partial charge in [-0.25, -0.2) is 4.68 Å². The molecule has 3 aromatic rings. The zero-order chi connectivity index (χ0) is 22.4. The Morgan fingerprint density at radius 1 is 0.970 bits per heavy atom. The van der Waals surface area contributed by atoms with Gasteiger partial charge in [0.1, 0.15) is 5.82 Å². The van der Waals surface area contributed by atoms with Crippen LogP contribution in [0.3, 0.4) is 0 Å². The lowest BCUT2D eigenvalue weighted by molar-refractivity contribution is -0.0351. The molecule has 1 N–H and O–H groups in total. The van der Waals surface area contributed by atoms with Crippen molar-refractivity contribution in [3.8, 4) is 11.8 Å². The number of nitrogens with zero attached hydrogens (tertiary/aromatic N) is 5. The molecule has 3 fully saturated rings. The summed E-state index contributed by atoms with van der Waals surface area (Å²) in [5.74, 6) is 2.10. The predicted molar refractivity (Wildman–Crippen MR) is 124 cm³/mol. The second-order valence-electron chi connectivity index (χ2n) is 9.21. The number of ether oxygens (including phenoxy) is 3. The van der Waals surface area contributed by atoms with Crippen LogP contribution in [0.2, 0.25) is 0 Å². The van der Waals surface area contributed by atoms with Crippen LogP contribution in [0, 0.1) is 6.92 Å². The van der Waals surface area contributed by atoms with Crippen molar-refractivity contribution >= 4 is 16.7 Å². The van der Waals surface area contributed by atoms with Crippen molar-refractivity contribution in [2.45, 2.75) is 37.8 Å². The van der Waals surface area contributed by atoms with Gasteiger partial charge in [-0.15, -0.1) is 0 Å². The first-order valence-electron chi connectivity index (χ1n) is 11.8. The third-order valence-corrected chi connectivity index (χ3v) is 7.11. The number of piperidine rings is 1. The largest absolute Gasteiger partial charge is 0.467 e. The van der Waals surface area contributed by atoms with Crippen molar-refractivity contribution in [3.63, 3.8) is 0 Å². The Balaban J connectivity index is 1.44. The van der Waals surface area contributed by atoms with E-state index in [1.165, 1.54) is 11.1 Å². The van der Waals surface area contributed by atoms with Crippen molar-refractivity contribution in [1.82, 2.24) is 25.1 Å². The van der Waals surface area contributed by atoms with E-state index in [0.717, 1.165) is 42.7 Å². The Morgan fingerprint density at radius 2 is 1.67 bits per heavy atom. The minimum Gasteiger partial charge on any atom is -0.467 e. The van der Waals surface area contributed by atoms with Crippen LogP contribution in [0.4, 0.5) is 5.82 Å². The van der Waals surface area contributed by atoms with Crippen LogP contribution in [-0.2, 0) is 9.47 Å². The SMILES string of the molecule is COc1nc(N2C3COCC2COC3)cc(-n2ncc3cc(C)c(C4CCNCC4)cc32)n1. The lowest BCUT2D eigenvalue weighted by Crippen LogP contribution is -2.60. The molecule has 0 aliphatic carbocycles. The predicted octanol–water partition coefficient (Wildman–Crippen LogP) is 2.20. The van der Waals surface area contributed by atoms with Crippen LogP contribution in [0.1, 0.15) is 29.9 Å². The van der Waals surface area contributed by atoms with E-state index in [0.29, 0.717) is 44.2 Å². The van der Waals surface area contributed by atoms with Crippen molar-refractivity contribution in [3.05, 3.63) is 35.5 Å². The molecular formula is C24H30N6O3. The molecule has 9 nitrogen and oxygen atoms in total. The summed E-state index contributed by atoms with van der Waals surface area (Å²) in [5.41, 5.74) is 3.80. The van der Waals surface area contributed by atoms with Crippen molar-refractivity contribution in [2.24, 2.45) is 0 Å². The molecule has 0 radical (unpaired) electrons. The van der Waals surface area contributed by atoms with E-state index in [1.54, 1.807) is 7.11 Å². The number of hydrogen-bond acceptors (Lipinski definition) is 8. The van der Waals surface area contributed by atoms with E-state index in [1.807, 2.05) is 16.9 Å². The highest BCUT2D eigenvalue weighted by molar-refractivity contribution is 5.82. The summed E-state index contributed by atoms with van der Waals surface area (Å²) in [6.07, 6.45) is 4.24. The molecule has 0 saturated carbocycles. The number of rotatable bonds is 4. The molecule has 3 aliphatic heterocycles. The minimum atomic E-state index is 0.133. The number of aromatic nitrogens is 4. The molecule has 174 valence electrons. The Bertz CT molecular complexity index is 1140. The number of morpholine rings is 2. The van der Waals surface area contributed by atoms with Crippen LogP contribution < -0.4 is 15.0 Å². The van der Waals surface area contributed by atoms with E-state index in [4.69, 9.17) is 19.3 Å². The van der Waals surface area contributed by atoms with E-state index >= 15 is 0 Å². The van der Waals surface area contributed by atoms with E-state index in [-0.39, 0.29) is 12.1 Å². The Kier molecular flexibility index (Phi) is 5.40. The van der Waals surface area contributed by atoms with Gasteiger partial charge in [0.05, 0.1) is 57.3 Å². The number of nitrogens with one attached hydrogen (secondary N) is 1. The first-order chi connectivity index (χ1) is 16.2. The van der Waals surface area contributed by atoms with E-state index in [9.17, 15) is 0 Å². The summed E-state index contributed by atoms with van der Waals surface area (Å²) in [5, 5.41) is 9.30. The number of hydrogen-bond donors (Lipinski definition) is 1. The highest BCUT2D eigenvalue weighted by Gasteiger charge is 2.37. The van der Waals surface area contributed by atoms with Gasteiger partial charge in [-0.05, 0) is 62.0 Å². The number of fused-ring (bicyclic) bond motifs is 3. The zero-order valence-electron chi connectivity index (χ0n) is 19.2. The standard InChI is InChI=1S/C24H30N6O3/c1-15-7-17-10-26-30(21(17)8-20(15)16-3-5-25-6-4-16)23-9-22(27-24(28-23)31-2)29-18-11-32-13-19(29)14-33-12-18/h7-10,16,18-19,25H,3-6,11-14H2,1-2H3. The normalized spacial score (nSPS) is 23.8. The number of anilines is 1. The maximum atomic E-state index is 5.77. The quantitative estimate of drug-likeness (QED) is 0.648. The second-order valence-corrected chi connectivity index (χ2v) is 9.21. The highest BCUT2D eigenvalue weighted by Crippen LogP contribution is 2.33. The number of methoxy groups -OCH3 is 1. The Labute approximate surface area is 193 Å². The summed E-state index contributed by atoms with van der Waals surface area (Å²) in [6.45, 7) is 6.85. The van der Waals surface area contributed by atoms with Gasteiger partial charge in [-0.3, -0.25) is 0 Å². The van der Waals surface area contributed by atoms with Gasteiger partial charge in [0.15, 0.2) is 5.82 Å². The van der Waals surface area contributed by atoms with Gasteiger partial charge in [0.25, 0.3) is 0 Å². The summed E-state index contributed by atoms with van der Waals surface area (Å²) in [6, 6.07) is 7.16. The van der Waals surface area contributed by atoms with Crippen LogP contribution in [0.25, 0.3) is 16.7 Å².